The molecule has 0 atom stereocenters. The molecule has 8 heteroatoms. The number of ether oxygens (including phenoxy) is 2. The molecule has 0 radical (unpaired) electrons. The quantitative estimate of drug-likeness (QED) is 0.891. The number of benzene rings is 1. The number of hydrogen-bond donors (Lipinski definition) is 2. The maximum atomic E-state index is 12.5. The number of fused-ring (bicyclic) bond motifs is 1. The molecule has 0 bridgehead atoms. The molecule has 0 aromatic heterocycles. The molecular formula is C15H14F3N3O2. The summed E-state index contributed by atoms with van der Waals surface area (Å²) in [6, 6.07) is 4.52. The highest BCUT2D eigenvalue weighted by molar-refractivity contribution is 5.78. The number of alkyl halides is 3. The molecule has 0 aliphatic carbocycles. The van der Waals surface area contributed by atoms with Crippen molar-refractivity contribution in [2.75, 3.05) is 7.11 Å². The summed E-state index contributed by atoms with van der Waals surface area (Å²) in [5.41, 5.74) is 8.61. The summed E-state index contributed by atoms with van der Waals surface area (Å²) < 4.78 is 46.4. The minimum atomic E-state index is -4.74. The van der Waals surface area contributed by atoms with Crippen LogP contribution in [0.15, 0.2) is 48.4 Å². The molecule has 0 fully saturated rings. The van der Waals surface area contributed by atoms with E-state index in [1.54, 1.807) is 23.3 Å². The standard InChI is InChI=1S/C15H14F3N3O2/c1-22-9-12-6-10(2-3-14(12)23-15(16,17)18)11-4-5-21-13(7-11)8-19-20-21/h2-8,19-20H,9H2,1H3. The first-order chi connectivity index (χ1) is 11.0. The van der Waals surface area contributed by atoms with Gasteiger partial charge in [-0.15, -0.1) is 18.7 Å². The van der Waals surface area contributed by atoms with Crippen LogP contribution in [0.4, 0.5) is 13.2 Å². The Bertz CT molecular complexity index is 696. The van der Waals surface area contributed by atoms with Gasteiger partial charge in [0.15, 0.2) is 0 Å². The van der Waals surface area contributed by atoms with Crippen molar-refractivity contribution in [3.8, 4) is 5.75 Å². The van der Waals surface area contributed by atoms with E-state index >= 15 is 0 Å². The molecule has 2 N–H and O–H groups in total. The maximum absolute atomic E-state index is 12.5. The first kappa shape index (κ1) is 15.4. The van der Waals surface area contributed by atoms with Crippen LogP contribution in [-0.4, -0.2) is 18.5 Å². The Morgan fingerprint density at radius 3 is 2.83 bits per heavy atom. The van der Waals surface area contributed by atoms with Crippen molar-refractivity contribution in [1.82, 2.24) is 16.0 Å². The van der Waals surface area contributed by atoms with Gasteiger partial charge < -0.3 is 14.9 Å². The highest BCUT2D eigenvalue weighted by atomic mass is 19.4. The predicted molar refractivity (Wildman–Crippen MR) is 77.1 cm³/mol. The molecule has 0 saturated heterocycles. The number of hydrogen-bond acceptors (Lipinski definition) is 5. The van der Waals surface area contributed by atoms with Crippen molar-refractivity contribution < 1.29 is 22.6 Å². The van der Waals surface area contributed by atoms with Crippen molar-refractivity contribution in [3.05, 3.63) is 59.6 Å². The van der Waals surface area contributed by atoms with Crippen LogP contribution in [-0.2, 0) is 11.3 Å². The molecule has 1 aromatic rings. The van der Waals surface area contributed by atoms with Crippen molar-refractivity contribution >= 4 is 5.57 Å². The molecule has 1 aromatic carbocycles. The largest absolute Gasteiger partial charge is 0.573 e. The summed E-state index contributed by atoms with van der Waals surface area (Å²) in [6.45, 7) is 0.0220. The maximum Gasteiger partial charge on any atom is 0.573 e. The van der Waals surface area contributed by atoms with Gasteiger partial charge in [-0.05, 0) is 35.4 Å². The van der Waals surface area contributed by atoms with Crippen LogP contribution in [0.1, 0.15) is 11.1 Å². The summed E-state index contributed by atoms with van der Waals surface area (Å²) in [5.74, 6) is -0.256. The number of methoxy groups -OCH3 is 1. The Morgan fingerprint density at radius 2 is 2.09 bits per heavy atom. The molecule has 2 heterocycles. The van der Waals surface area contributed by atoms with E-state index < -0.39 is 6.36 Å². The number of rotatable bonds is 4. The van der Waals surface area contributed by atoms with E-state index in [0.29, 0.717) is 5.56 Å². The molecule has 23 heavy (non-hydrogen) atoms. The average molecular weight is 325 g/mol. The summed E-state index contributed by atoms with van der Waals surface area (Å²) >= 11 is 0. The highest BCUT2D eigenvalue weighted by Crippen LogP contribution is 2.31. The fourth-order valence-electron chi connectivity index (χ4n) is 2.34. The van der Waals surface area contributed by atoms with Gasteiger partial charge in [0, 0.05) is 25.1 Å². The normalized spacial score (nSPS) is 16.6. The van der Waals surface area contributed by atoms with Gasteiger partial charge >= 0.3 is 6.36 Å². The lowest BCUT2D eigenvalue weighted by Gasteiger charge is -2.20. The highest BCUT2D eigenvalue weighted by Gasteiger charge is 2.32. The second-order valence-corrected chi connectivity index (χ2v) is 4.91. The first-order valence-electron chi connectivity index (χ1n) is 6.75. The van der Waals surface area contributed by atoms with Crippen LogP contribution in [0.5, 0.6) is 5.75 Å². The SMILES string of the molecule is COCc1cc(C2=CC3=CNNN3C=C2)ccc1OC(F)(F)F. The second kappa shape index (κ2) is 5.98. The van der Waals surface area contributed by atoms with Gasteiger partial charge in [-0.2, -0.15) is 0 Å². The average Bonchev–Trinajstić information content (AvgIpc) is 2.95. The monoisotopic (exact) mass is 325 g/mol. The zero-order valence-electron chi connectivity index (χ0n) is 12.1. The Balaban J connectivity index is 1.92. The summed E-state index contributed by atoms with van der Waals surface area (Å²) in [7, 11) is 1.42. The van der Waals surface area contributed by atoms with E-state index in [1.807, 2.05) is 18.4 Å². The van der Waals surface area contributed by atoms with E-state index in [2.05, 4.69) is 15.7 Å². The fraction of sp³-hybridized carbons (Fsp3) is 0.200. The number of halogens is 3. The summed E-state index contributed by atoms with van der Waals surface area (Å²) in [6.07, 6.45) is 2.62. The van der Waals surface area contributed by atoms with Gasteiger partial charge in [0.25, 0.3) is 0 Å². The summed E-state index contributed by atoms with van der Waals surface area (Å²) in [5, 5.41) is 1.78. The van der Waals surface area contributed by atoms with Crippen LogP contribution >= 0.6 is 0 Å². The molecule has 122 valence electrons. The van der Waals surface area contributed by atoms with Crippen LogP contribution in [0.25, 0.3) is 5.57 Å². The van der Waals surface area contributed by atoms with Crippen LogP contribution in [0.3, 0.4) is 0 Å². The number of allylic oxidation sites excluding steroid dienone is 3. The molecule has 2 aliphatic heterocycles. The molecule has 3 rings (SSSR count). The molecule has 2 aliphatic rings. The van der Waals surface area contributed by atoms with Gasteiger partial charge in [-0.1, -0.05) is 6.07 Å². The van der Waals surface area contributed by atoms with E-state index in [1.165, 1.54) is 13.2 Å². The van der Waals surface area contributed by atoms with E-state index in [0.717, 1.165) is 16.8 Å². The Kier molecular flexibility index (Phi) is 4.01. The lowest BCUT2D eigenvalue weighted by Crippen LogP contribution is -2.33. The topological polar surface area (TPSA) is 45.8 Å². The Labute approximate surface area is 130 Å². The predicted octanol–water partition coefficient (Wildman–Crippen LogP) is 2.81. The molecular weight excluding hydrogens is 311 g/mol. The molecule has 0 saturated carbocycles. The van der Waals surface area contributed by atoms with Gasteiger partial charge in [-0.3, -0.25) is 5.01 Å². The van der Waals surface area contributed by atoms with Gasteiger partial charge in [0.1, 0.15) is 5.75 Å². The van der Waals surface area contributed by atoms with Gasteiger partial charge in [0.05, 0.1) is 12.3 Å². The van der Waals surface area contributed by atoms with Crippen molar-refractivity contribution in [2.45, 2.75) is 13.0 Å². The molecule has 0 spiro atoms. The smallest absolute Gasteiger partial charge is 0.405 e. The summed E-state index contributed by atoms with van der Waals surface area (Å²) in [4.78, 5) is 0. The molecule has 5 nitrogen and oxygen atoms in total. The van der Waals surface area contributed by atoms with Crippen LogP contribution in [0, 0.1) is 0 Å². The number of hydrazine groups is 2. The fourth-order valence-corrected chi connectivity index (χ4v) is 2.34. The second-order valence-electron chi connectivity index (χ2n) is 4.91. The lowest BCUT2D eigenvalue weighted by molar-refractivity contribution is -0.275. The third-order valence-electron chi connectivity index (χ3n) is 3.31. The zero-order valence-corrected chi connectivity index (χ0v) is 12.1. The van der Waals surface area contributed by atoms with Crippen LogP contribution < -0.4 is 15.7 Å². The molecule has 0 unspecified atom stereocenters. The zero-order chi connectivity index (χ0) is 16.4. The van der Waals surface area contributed by atoms with Gasteiger partial charge in [0.2, 0.25) is 0 Å². The number of nitrogens with zero attached hydrogens (tertiary/aromatic N) is 1. The van der Waals surface area contributed by atoms with E-state index in [4.69, 9.17) is 4.74 Å². The van der Waals surface area contributed by atoms with Crippen molar-refractivity contribution in [2.24, 2.45) is 0 Å². The van der Waals surface area contributed by atoms with Crippen molar-refractivity contribution in [3.63, 3.8) is 0 Å². The van der Waals surface area contributed by atoms with E-state index in [-0.39, 0.29) is 12.4 Å². The molecule has 0 amide bonds. The Morgan fingerprint density at radius 1 is 1.26 bits per heavy atom. The van der Waals surface area contributed by atoms with Crippen molar-refractivity contribution in [1.29, 1.82) is 0 Å². The van der Waals surface area contributed by atoms with Crippen LogP contribution in [0.2, 0.25) is 0 Å². The Hall–Kier alpha value is -2.45. The third-order valence-corrected chi connectivity index (χ3v) is 3.31. The first-order valence-corrected chi connectivity index (χ1v) is 6.75. The third kappa shape index (κ3) is 3.49. The minimum Gasteiger partial charge on any atom is -0.405 e. The number of nitrogens with one attached hydrogen (secondary N) is 2. The lowest BCUT2D eigenvalue weighted by atomic mass is 10.0. The minimum absolute atomic E-state index is 0.0220. The van der Waals surface area contributed by atoms with Gasteiger partial charge in [-0.25, -0.2) is 0 Å². The van der Waals surface area contributed by atoms with E-state index in [9.17, 15) is 13.2 Å².